The highest BCUT2D eigenvalue weighted by Crippen LogP contribution is 2.31. The molecule has 3 amide bonds. The van der Waals surface area contributed by atoms with Crippen LogP contribution in [-0.4, -0.2) is 95.7 Å². The zero-order valence-corrected chi connectivity index (χ0v) is 32.4. The highest BCUT2D eigenvalue weighted by molar-refractivity contribution is 7.99. The van der Waals surface area contributed by atoms with Crippen molar-refractivity contribution in [2.24, 2.45) is 17.8 Å². The number of unbranched alkanes of at least 4 members (excludes halogenated alkanes) is 1. The van der Waals surface area contributed by atoms with Crippen molar-refractivity contribution >= 4 is 23.7 Å². The fraction of sp³-hybridized carbons (Fsp3) is 0.800. The summed E-state index contributed by atoms with van der Waals surface area (Å²) >= 11 is 1.90. The number of amides is 3. The highest BCUT2D eigenvalue weighted by Gasteiger charge is 2.36. The van der Waals surface area contributed by atoms with E-state index in [-0.39, 0.29) is 36.8 Å². The molecule has 49 heavy (non-hydrogen) atoms. The Labute approximate surface area is 302 Å². The minimum absolute atomic E-state index is 0.0631. The lowest BCUT2D eigenvalue weighted by Gasteiger charge is -2.39. The number of thioether (sulfide) groups is 1. The number of carbonyl (C=O) groups excluding carboxylic acids is 2. The van der Waals surface area contributed by atoms with Crippen LogP contribution in [0.15, 0.2) is 30.3 Å². The van der Waals surface area contributed by atoms with E-state index in [4.69, 9.17) is 9.47 Å². The van der Waals surface area contributed by atoms with Crippen LogP contribution in [0.25, 0.3) is 0 Å². The molecular weight excluding hydrogens is 635 g/mol. The molecular formula is C40H69N3O5S. The third-order valence-electron chi connectivity index (χ3n) is 10.6. The molecule has 4 atom stereocenters. The number of nitrogens with zero attached hydrogens (tertiary/aromatic N) is 2. The third-order valence-corrected chi connectivity index (χ3v) is 11.8. The number of nitrogens with one attached hydrogen (secondary N) is 1. The number of ether oxygens (including phenoxy) is 2. The quantitative estimate of drug-likeness (QED) is 0.127. The van der Waals surface area contributed by atoms with Crippen LogP contribution in [0.5, 0.6) is 0 Å². The molecule has 1 unspecified atom stereocenters. The maximum absolute atomic E-state index is 14.6. The van der Waals surface area contributed by atoms with Gasteiger partial charge in [-0.15, -0.1) is 0 Å². The average Bonchev–Trinajstić information content (AvgIpc) is 3.09. The number of likely N-dealkylation sites (tertiary alicyclic amines) is 1. The fourth-order valence-electron chi connectivity index (χ4n) is 7.52. The van der Waals surface area contributed by atoms with Crippen LogP contribution in [0, 0.1) is 17.8 Å². The second-order valence-electron chi connectivity index (χ2n) is 15.2. The lowest BCUT2D eigenvalue weighted by Crippen LogP contribution is -2.57. The molecule has 0 spiro atoms. The van der Waals surface area contributed by atoms with Crippen molar-refractivity contribution in [3.63, 3.8) is 0 Å². The van der Waals surface area contributed by atoms with E-state index in [1.807, 2.05) is 39.8 Å². The van der Waals surface area contributed by atoms with Crippen LogP contribution in [-0.2, 0) is 20.7 Å². The Bertz CT molecular complexity index is 1050. The molecule has 3 rings (SSSR count). The number of piperidine rings is 1. The molecule has 1 aromatic carbocycles. The smallest absolute Gasteiger partial charge is 0.320 e. The van der Waals surface area contributed by atoms with Gasteiger partial charge in [0, 0.05) is 32.8 Å². The Hall–Kier alpha value is -1.81. The van der Waals surface area contributed by atoms with Crippen molar-refractivity contribution in [3.8, 4) is 0 Å². The van der Waals surface area contributed by atoms with Crippen molar-refractivity contribution in [3.05, 3.63) is 35.9 Å². The van der Waals surface area contributed by atoms with E-state index >= 15 is 0 Å². The molecule has 2 N–H and O–H groups in total. The zero-order valence-electron chi connectivity index (χ0n) is 31.6. The van der Waals surface area contributed by atoms with Crippen molar-refractivity contribution in [2.45, 2.75) is 148 Å². The summed E-state index contributed by atoms with van der Waals surface area (Å²) in [6.45, 7) is 12.9. The summed E-state index contributed by atoms with van der Waals surface area (Å²) in [7, 11) is 1.62. The monoisotopic (exact) mass is 703 g/mol. The molecule has 1 saturated heterocycles. The summed E-state index contributed by atoms with van der Waals surface area (Å²) in [5, 5.41) is 15.7. The first-order valence-corrected chi connectivity index (χ1v) is 20.5. The molecule has 0 bridgehead atoms. The van der Waals surface area contributed by atoms with Gasteiger partial charge >= 0.3 is 6.03 Å². The van der Waals surface area contributed by atoms with E-state index in [0.29, 0.717) is 56.0 Å². The standard InChI is InChI=1S/C40H69N3O5S/c1-7-8-19-37(43(25-20-32-15-11-9-12-16-32)40(46)42-23-21-35(22-24-42)48-29-47-6)39(45)41-34(26-33-17-13-10-14-18-33)27-38(44)36(30(2)3)28-49-31(4)5/h9,11-12,15-16,30-31,33-38,44H,7-8,10,13-14,17-29H2,1-6H3,(H,41,45)/t34-,36?,37-,38-/m0/s1. The van der Waals surface area contributed by atoms with Crippen molar-refractivity contribution < 1.29 is 24.2 Å². The summed E-state index contributed by atoms with van der Waals surface area (Å²) in [5.41, 5.74) is 1.15. The SMILES string of the molecule is CCCC[C@@H](C(=O)N[C@@H](CC1CCCCC1)C[C@H](O)C(CSC(C)C)C(C)C)N(CCc1ccccc1)C(=O)N1CCC(OCOC)CC1. The summed E-state index contributed by atoms with van der Waals surface area (Å²) in [6, 6.07) is 9.48. The Balaban J connectivity index is 1.84. The van der Waals surface area contributed by atoms with Gasteiger partial charge in [-0.2, -0.15) is 11.8 Å². The van der Waals surface area contributed by atoms with Crippen LogP contribution >= 0.6 is 11.8 Å². The van der Waals surface area contributed by atoms with E-state index in [9.17, 15) is 14.7 Å². The van der Waals surface area contributed by atoms with Gasteiger partial charge in [-0.25, -0.2) is 4.79 Å². The molecule has 1 saturated carbocycles. The van der Waals surface area contributed by atoms with E-state index in [0.717, 1.165) is 43.4 Å². The Morgan fingerprint density at radius 2 is 1.73 bits per heavy atom. The topological polar surface area (TPSA) is 91.3 Å². The zero-order chi connectivity index (χ0) is 35.6. The molecule has 0 radical (unpaired) electrons. The van der Waals surface area contributed by atoms with Crippen LogP contribution in [0.1, 0.15) is 117 Å². The number of hydrogen-bond donors (Lipinski definition) is 2. The first-order chi connectivity index (χ1) is 23.6. The summed E-state index contributed by atoms with van der Waals surface area (Å²) in [5.74, 6) is 1.90. The summed E-state index contributed by atoms with van der Waals surface area (Å²) < 4.78 is 10.9. The number of aliphatic hydroxyl groups excluding tert-OH is 1. The van der Waals surface area contributed by atoms with Gasteiger partial charge in [0.25, 0.3) is 0 Å². The molecule has 1 aromatic rings. The van der Waals surface area contributed by atoms with Gasteiger partial charge in [0.2, 0.25) is 5.91 Å². The molecule has 1 heterocycles. The molecule has 1 aliphatic carbocycles. The molecule has 2 aliphatic rings. The van der Waals surface area contributed by atoms with E-state index < -0.39 is 12.1 Å². The lowest BCUT2D eigenvalue weighted by atomic mass is 9.81. The van der Waals surface area contributed by atoms with Crippen molar-refractivity contribution in [1.82, 2.24) is 15.1 Å². The normalized spacial score (nSPS) is 18.8. The van der Waals surface area contributed by atoms with Gasteiger partial charge in [0.05, 0.1) is 12.2 Å². The van der Waals surface area contributed by atoms with Crippen LogP contribution in [0.4, 0.5) is 4.79 Å². The van der Waals surface area contributed by atoms with Crippen molar-refractivity contribution in [1.29, 1.82) is 0 Å². The molecule has 9 heteroatoms. The lowest BCUT2D eigenvalue weighted by molar-refractivity contribution is -0.127. The van der Waals surface area contributed by atoms with Gasteiger partial charge in [-0.1, -0.05) is 110 Å². The molecule has 0 aromatic heterocycles. The van der Waals surface area contributed by atoms with Crippen LogP contribution < -0.4 is 5.32 Å². The van der Waals surface area contributed by atoms with Crippen LogP contribution in [0.3, 0.4) is 0 Å². The minimum atomic E-state index is -0.568. The number of benzene rings is 1. The van der Waals surface area contributed by atoms with Crippen LogP contribution in [0.2, 0.25) is 0 Å². The van der Waals surface area contributed by atoms with E-state index in [1.54, 1.807) is 7.11 Å². The Kier molecular flexibility index (Phi) is 19.4. The third kappa shape index (κ3) is 14.8. The summed E-state index contributed by atoms with van der Waals surface area (Å²) in [4.78, 5) is 32.7. The molecule has 2 fully saturated rings. The van der Waals surface area contributed by atoms with Gasteiger partial charge in [-0.05, 0) is 72.8 Å². The predicted octanol–water partition coefficient (Wildman–Crippen LogP) is 7.91. The van der Waals surface area contributed by atoms with E-state index in [1.165, 1.54) is 32.1 Å². The van der Waals surface area contributed by atoms with Gasteiger partial charge in [0.15, 0.2) is 0 Å². The number of methoxy groups -OCH3 is 1. The maximum atomic E-state index is 14.6. The summed E-state index contributed by atoms with van der Waals surface area (Å²) in [6.07, 6.45) is 11.8. The van der Waals surface area contributed by atoms with Gasteiger partial charge in [-0.3, -0.25) is 4.79 Å². The number of carbonyl (C=O) groups is 2. The first kappa shape index (κ1) is 41.6. The number of aliphatic hydroxyl groups is 1. The maximum Gasteiger partial charge on any atom is 0.320 e. The largest absolute Gasteiger partial charge is 0.393 e. The number of hydrogen-bond acceptors (Lipinski definition) is 6. The number of urea groups is 1. The predicted molar refractivity (Wildman–Crippen MR) is 203 cm³/mol. The number of rotatable bonds is 21. The van der Waals surface area contributed by atoms with Crippen molar-refractivity contribution in [2.75, 3.05) is 39.3 Å². The molecule has 1 aliphatic heterocycles. The Morgan fingerprint density at radius 1 is 1.04 bits per heavy atom. The second kappa shape index (κ2) is 22.9. The molecule has 280 valence electrons. The highest BCUT2D eigenvalue weighted by atomic mass is 32.2. The fourth-order valence-corrected chi connectivity index (χ4v) is 8.73. The first-order valence-electron chi connectivity index (χ1n) is 19.4. The second-order valence-corrected chi connectivity index (χ2v) is 16.8. The van der Waals surface area contributed by atoms with Gasteiger partial charge in [0.1, 0.15) is 12.8 Å². The molecule has 8 nitrogen and oxygen atoms in total. The minimum Gasteiger partial charge on any atom is -0.393 e. The Morgan fingerprint density at radius 3 is 2.35 bits per heavy atom. The van der Waals surface area contributed by atoms with Gasteiger partial charge < -0.3 is 29.7 Å². The average molecular weight is 704 g/mol. The van der Waals surface area contributed by atoms with E-state index in [2.05, 4.69) is 52.1 Å².